The average Bonchev–Trinajstić information content (AvgIpc) is 2.89. The second-order valence-electron chi connectivity index (χ2n) is 4.71. The van der Waals surface area contributed by atoms with Crippen molar-refractivity contribution in [3.63, 3.8) is 0 Å². The molecular weight excluding hydrogens is 264 g/mol. The van der Waals surface area contributed by atoms with Crippen LogP contribution in [0.3, 0.4) is 0 Å². The molecule has 2 rings (SSSR count). The van der Waals surface area contributed by atoms with Crippen molar-refractivity contribution in [1.82, 2.24) is 4.72 Å². The van der Waals surface area contributed by atoms with Gasteiger partial charge >= 0.3 is 0 Å². The first kappa shape index (κ1) is 14.3. The molecule has 5 nitrogen and oxygen atoms in total. The van der Waals surface area contributed by atoms with E-state index in [2.05, 4.69) is 4.72 Å². The molecule has 1 fully saturated rings. The van der Waals surface area contributed by atoms with Crippen molar-refractivity contribution < 1.29 is 13.2 Å². The highest BCUT2D eigenvalue weighted by atomic mass is 32.2. The zero-order valence-electron chi connectivity index (χ0n) is 11.1. The summed E-state index contributed by atoms with van der Waals surface area (Å²) >= 11 is 0. The topological polar surface area (TPSA) is 81.4 Å². The van der Waals surface area contributed by atoms with Crippen LogP contribution >= 0.6 is 0 Å². The van der Waals surface area contributed by atoms with E-state index in [1.807, 2.05) is 6.92 Å². The summed E-state index contributed by atoms with van der Waals surface area (Å²) in [7, 11) is -3.52. The summed E-state index contributed by atoms with van der Waals surface area (Å²) in [6.07, 6.45) is 2.53. The largest absolute Gasteiger partial charge is 0.399 e. The quantitative estimate of drug-likeness (QED) is 0.798. The van der Waals surface area contributed by atoms with Crippen molar-refractivity contribution >= 4 is 15.7 Å². The minimum atomic E-state index is -3.52. The number of hydrogen-bond donors (Lipinski definition) is 2. The Hall–Kier alpha value is -1.11. The molecule has 0 spiro atoms. The molecule has 0 radical (unpaired) electrons. The van der Waals surface area contributed by atoms with Gasteiger partial charge in [0.15, 0.2) is 0 Å². The predicted octanol–water partition coefficient (Wildman–Crippen LogP) is 1.29. The zero-order chi connectivity index (χ0) is 13.9. The van der Waals surface area contributed by atoms with E-state index in [4.69, 9.17) is 10.5 Å². The fraction of sp³-hybridized carbons (Fsp3) is 0.538. The van der Waals surface area contributed by atoms with Gasteiger partial charge in [-0.3, -0.25) is 0 Å². The summed E-state index contributed by atoms with van der Waals surface area (Å²) in [5.41, 5.74) is 6.91. The molecule has 1 heterocycles. The van der Waals surface area contributed by atoms with Crippen molar-refractivity contribution in [3.8, 4) is 0 Å². The highest BCUT2D eigenvalue weighted by Crippen LogP contribution is 2.20. The van der Waals surface area contributed by atoms with E-state index in [0.717, 1.165) is 18.4 Å². The van der Waals surface area contributed by atoms with Crippen LogP contribution < -0.4 is 10.5 Å². The van der Waals surface area contributed by atoms with Gasteiger partial charge in [-0.2, -0.15) is 0 Å². The second-order valence-corrected chi connectivity index (χ2v) is 6.44. The normalized spacial score (nSPS) is 19.7. The molecule has 1 aromatic carbocycles. The van der Waals surface area contributed by atoms with E-state index in [1.54, 1.807) is 12.1 Å². The van der Waals surface area contributed by atoms with Crippen LogP contribution in [0.25, 0.3) is 0 Å². The summed E-state index contributed by atoms with van der Waals surface area (Å²) in [5.74, 6) is 0. The van der Waals surface area contributed by atoms with E-state index >= 15 is 0 Å². The molecule has 1 unspecified atom stereocenters. The molecule has 0 saturated carbocycles. The van der Waals surface area contributed by atoms with Gasteiger partial charge in [0.1, 0.15) is 0 Å². The number of rotatable bonds is 5. The number of hydrogen-bond acceptors (Lipinski definition) is 4. The fourth-order valence-corrected chi connectivity index (χ4v) is 3.61. The molecule has 1 saturated heterocycles. The Morgan fingerprint density at radius 3 is 2.89 bits per heavy atom. The van der Waals surface area contributed by atoms with Gasteiger partial charge < -0.3 is 10.5 Å². The van der Waals surface area contributed by atoms with Gasteiger partial charge in [0, 0.05) is 18.8 Å². The molecule has 1 aliphatic heterocycles. The van der Waals surface area contributed by atoms with Crippen LogP contribution in [0.15, 0.2) is 23.1 Å². The summed E-state index contributed by atoms with van der Waals surface area (Å²) in [6.45, 7) is 2.95. The number of nitrogens with two attached hydrogens (primary N) is 1. The van der Waals surface area contributed by atoms with Gasteiger partial charge in [-0.15, -0.1) is 0 Å². The molecule has 1 aliphatic rings. The van der Waals surface area contributed by atoms with Crippen molar-refractivity contribution in [1.29, 1.82) is 0 Å². The van der Waals surface area contributed by atoms with Crippen LogP contribution in [0.4, 0.5) is 5.69 Å². The summed E-state index contributed by atoms with van der Waals surface area (Å²) in [6, 6.07) is 4.99. The third-order valence-electron chi connectivity index (χ3n) is 3.29. The molecule has 106 valence electrons. The van der Waals surface area contributed by atoms with Gasteiger partial charge in [0.25, 0.3) is 0 Å². The number of nitrogen functional groups attached to an aromatic ring is 1. The van der Waals surface area contributed by atoms with Crippen LogP contribution in [0.1, 0.15) is 25.3 Å². The predicted molar refractivity (Wildman–Crippen MR) is 74.4 cm³/mol. The molecule has 0 aromatic heterocycles. The fourth-order valence-electron chi connectivity index (χ4n) is 2.20. The standard InChI is InChI=1S/C13H20N2O3S/c1-2-10-5-6-11(14)8-13(10)19(16,17)15-9-12-4-3-7-18-12/h5-6,8,12,15H,2-4,7,9,14H2,1H3. The van der Waals surface area contributed by atoms with Gasteiger partial charge in [-0.1, -0.05) is 13.0 Å². The van der Waals surface area contributed by atoms with E-state index < -0.39 is 10.0 Å². The third kappa shape index (κ3) is 3.46. The Balaban J connectivity index is 2.16. The molecule has 0 bridgehead atoms. The lowest BCUT2D eigenvalue weighted by Gasteiger charge is -2.14. The molecule has 19 heavy (non-hydrogen) atoms. The minimum absolute atomic E-state index is 0.0130. The van der Waals surface area contributed by atoms with E-state index in [0.29, 0.717) is 25.3 Å². The van der Waals surface area contributed by atoms with Crippen LogP contribution in [-0.2, 0) is 21.2 Å². The highest BCUT2D eigenvalue weighted by Gasteiger charge is 2.22. The Labute approximate surface area is 114 Å². The van der Waals surface area contributed by atoms with Gasteiger partial charge in [0.2, 0.25) is 10.0 Å². The van der Waals surface area contributed by atoms with E-state index in [1.165, 1.54) is 6.07 Å². The van der Waals surface area contributed by atoms with Crippen molar-refractivity contribution in [2.45, 2.75) is 37.2 Å². The lowest BCUT2D eigenvalue weighted by molar-refractivity contribution is 0.114. The van der Waals surface area contributed by atoms with Crippen LogP contribution in [0.2, 0.25) is 0 Å². The van der Waals surface area contributed by atoms with Crippen molar-refractivity contribution in [3.05, 3.63) is 23.8 Å². The number of anilines is 1. The summed E-state index contributed by atoms with van der Waals surface area (Å²) in [4.78, 5) is 0.271. The Bertz CT molecular complexity index is 537. The smallest absolute Gasteiger partial charge is 0.241 e. The van der Waals surface area contributed by atoms with Crippen molar-refractivity contribution in [2.24, 2.45) is 0 Å². The lowest BCUT2D eigenvalue weighted by atomic mass is 10.1. The molecule has 0 aliphatic carbocycles. The average molecular weight is 284 g/mol. The lowest BCUT2D eigenvalue weighted by Crippen LogP contribution is -2.32. The minimum Gasteiger partial charge on any atom is -0.399 e. The number of ether oxygens (including phenoxy) is 1. The maximum atomic E-state index is 12.3. The number of aryl methyl sites for hydroxylation is 1. The number of sulfonamides is 1. The molecule has 6 heteroatoms. The Kier molecular flexibility index (Phi) is 4.44. The molecular formula is C13H20N2O3S. The second kappa shape index (κ2) is 5.90. The summed E-state index contributed by atoms with van der Waals surface area (Å²) < 4.78 is 32.6. The van der Waals surface area contributed by atoms with Gasteiger partial charge in [-0.25, -0.2) is 13.1 Å². The van der Waals surface area contributed by atoms with Crippen LogP contribution in [0, 0.1) is 0 Å². The number of nitrogens with one attached hydrogen (secondary N) is 1. The SMILES string of the molecule is CCc1ccc(N)cc1S(=O)(=O)NCC1CCCO1. The van der Waals surface area contributed by atoms with Crippen molar-refractivity contribution in [2.75, 3.05) is 18.9 Å². The molecule has 1 atom stereocenters. The maximum absolute atomic E-state index is 12.3. The highest BCUT2D eigenvalue weighted by molar-refractivity contribution is 7.89. The van der Waals surface area contributed by atoms with E-state index in [-0.39, 0.29) is 11.0 Å². The summed E-state index contributed by atoms with van der Waals surface area (Å²) in [5, 5.41) is 0. The zero-order valence-corrected chi connectivity index (χ0v) is 11.9. The Morgan fingerprint density at radius 1 is 1.47 bits per heavy atom. The molecule has 0 amide bonds. The van der Waals surface area contributed by atoms with Gasteiger partial charge in [-0.05, 0) is 37.0 Å². The number of benzene rings is 1. The maximum Gasteiger partial charge on any atom is 0.241 e. The van der Waals surface area contributed by atoms with Crippen LogP contribution in [0.5, 0.6) is 0 Å². The van der Waals surface area contributed by atoms with Gasteiger partial charge in [0.05, 0.1) is 11.0 Å². The van der Waals surface area contributed by atoms with Crippen LogP contribution in [-0.4, -0.2) is 27.7 Å². The first-order chi connectivity index (χ1) is 9.03. The first-order valence-corrected chi connectivity index (χ1v) is 8.01. The molecule has 1 aromatic rings. The Morgan fingerprint density at radius 2 is 2.26 bits per heavy atom. The first-order valence-electron chi connectivity index (χ1n) is 6.52. The third-order valence-corrected chi connectivity index (χ3v) is 4.79. The monoisotopic (exact) mass is 284 g/mol. The van der Waals surface area contributed by atoms with E-state index in [9.17, 15) is 8.42 Å². The molecule has 3 N–H and O–H groups in total.